The lowest BCUT2D eigenvalue weighted by Gasteiger charge is -2.07. The summed E-state index contributed by atoms with van der Waals surface area (Å²) in [4.78, 5) is 12.2. The van der Waals surface area contributed by atoms with Gasteiger partial charge in [-0.15, -0.1) is 0 Å². The van der Waals surface area contributed by atoms with E-state index >= 15 is 0 Å². The molecule has 23 heavy (non-hydrogen) atoms. The van der Waals surface area contributed by atoms with E-state index in [1.165, 1.54) is 12.1 Å². The van der Waals surface area contributed by atoms with Gasteiger partial charge in [-0.2, -0.15) is 0 Å². The van der Waals surface area contributed by atoms with Crippen molar-refractivity contribution in [3.8, 4) is 0 Å². The molecule has 122 valence electrons. The summed E-state index contributed by atoms with van der Waals surface area (Å²) in [6.45, 7) is 1.82. The third-order valence-corrected chi connectivity index (χ3v) is 5.04. The van der Waals surface area contributed by atoms with E-state index in [-0.39, 0.29) is 16.9 Å². The second-order valence-corrected chi connectivity index (χ2v) is 7.51. The van der Waals surface area contributed by atoms with E-state index < -0.39 is 15.9 Å². The fraction of sp³-hybridized carbons (Fsp3) is 0.267. The summed E-state index contributed by atoms with van der Waals surface area (Å²) in [5.74, 6) is -0.621. The maximum Gasteiger partial charge on any atom is 0.291 e. The molecule has 1 fully saturated rings. The lowest BCUT2D eigenvalue weighted by molar-refractivity contribution is 0.0991. The van der Waals surface area contributed by atoms with Crippen molar-refractivity contribution in [3.05, 3.63) is 46.7 Å². The average molecular weight is 355 g/mol. The summed E-state index contributed by atoms with van der Waals surface area (Å²) in [5.41, 5.74) is 1.37. The van der Waals surface area contributed by atoms with E-state index in [2.05, 4.69) is 10.0 Å². The molecule has 0 aliphatic heterocycles. The largest absolute Gasteiger partial charge is 0.438 e. The van der Waals surface area contributed by atoms with Gasteiger partial charge in [0.1, 0.15) is 0 Å². The molecule has 1 amide bonds. The number of furan rings is 1. The van der Waals surface area contributed by atoms with Crippen LogP contribution in [0.25, 0.3) is 0 Å². The zero-order valence-electron chi connectivity index (χ0n) is 12.3. The Kier molecular flexibility index (Phi) is 4.18. The molecule has 1 heterocycles. The van der Waals surface area contributed by atoms with Gasteiger partial charge in [0.05, 0.1) is 0 Å². The number of halogens is 1. The maximum absolute atomic E-state index is 12.2. The number of carbonyl (C=O) groups is 1. The normalized spacial score (nSPS) is 14.7. The Labute approximate surface area is 138 Å². The van der Waals surface area contributed by atoms with Crippen molar-refractivity contribution in [3.63, 3.8) is 0 Å². The van der Waals surface area contributed by atoms with Crippen molar-refractivity contribution < 1.29 is 17.6 Å². The van der Waals surface area contributed by atoms with Crippen LogP contribution in [0, 0.1) is 6.92 Å². The molecular weight excluding hydrogens is 340 g/mol. The van der Waals surface area contributed by atoms with Crippen LogP contribution in [-0.2, 0) is 10.0 Å². The van der Waals surface area contributed by atoms with Crippen molar-refractivity contribution in [2.75, 3.05) is 5.32 Å². The summed E-state index contributed by atoms with van der Waals surface area (Å²) >= 11 is 5.90. The molecule has 0 unspecified atom stereocenters. The van der Waals surface area contributed by atoms with Crippen LogP contribution in [0.4, 0.5) is 5.69 Å². The van der Waals surface area contributed by atoms with Gasteiger partial charge >= 0.3 is 0 Å². The monoisotopic (exact) mass is 354 g/mol. The third-order valence-electron chi connectivity index (χ3n) is 3.42. The quantitative estimate of drug-likeness (QED) is 0.864. The Morgan fingerprint density at radius 3 is 2.70 bits per heavy atom. The highest BCUT2D eigenvalue weighted by molar-refractivity contribution is 7.89. The van der Waals surface area contributed by atoms with E-state index in [1.807, 2.05) is 6.92 Å². The molecule has 3 rings (SSSR count). The standard InChI is InChI=1S/C15H15ClN2O4S/c1-9-2-3-10(16)8-12(9)17-15(19)13-6-7-14(22-13)23(20,21)18-11-4-5-11/h2-3,6-8,11,18H,4-5H2,1H3,(H,17,19). The molecule has 1 aliphatic rings. The van der Waals surface area contributed by atoms with Gasteiger partial charge < -0.3 is 9.73 Å². The summed E-state index contributed by atoms with van der Waals surface area (Å²) < 4.78 is 31.7. The van der Waals surface area contributed by atoms with Gasteiger partial charge in [0, 0.05) is 16.8 Å². The molecule has 1 saturated carbocycles. The van der Waals surface area contributed by atoms with Crippen LogP contribution < -0.4 is 10.0 Å². The molecule has 1 aromatic carbocycles. The smallest absolute Gasteiger partial charge is 0.291 e. The number of hydrogen-bond acceptors (Lipinski definition) is 4. The Bertz CT molecular complexity index is 856. The van der Waals surface area contributed by atoms with Crippen LogP contribution in [0.5, 0.6) is 0 Å². The molecule has 8 heteroatoms. The number of amides is 1. The van der Waals surface area contributed by atoms with Crippen LogP contribution >= 0.6 is 11.6 Å². The molecule has 2 N–H and O–H groups in total. The number of nitrogens with one attached hydrogen (secondary N) is 2. The van der Waals surface area contributed by atoms with E-state index in [1.54, 1.807) is 18.2 Å². The predicted octanol–water partition coefficient (Wildman–Crippen LogP) is 2.93. The van der Waals surface area contributed by atoms with Gasteiger partial charge in [-0.1, -0.05) is 17.7 Å². The first-order valence-electron chi connectivity index (χ1n) is 7.05. The molecule has 0 atom stereocenters. The summed E-state index contributed by atoms with van der Waals surface area (Å²) in [5, 5.41) is 2.87. The number of hydrogen-bond donors (Lipinski definition) is 2. The fourth-order valence-electron chi connectivity index (χ4n) is 1.98. The van der Waals surface area contributed by atoms with E-state index in [9.17, 15) is 13.2 Å². The van der Waals surface area contributed by atoms with Crippen LogP contribution in [0.15, 0.2) is 39.8 Å². The van der Waals surface area contributed by atoms with E-state index in [0.717, 1.165) is 18.4 Å². The number of sulfonamides is 1. The number of rotatable bonds is 5. The van der Waals surface area contributed by atoms with Crippen LogP contribution in [0.1, 0.15) is 29.0 Å². The molecule has 6 nitrogen and oxygen atoms in total. The first kappa shape index (κ1) is 16.0. The van der Waals surface area contributed by atoms with Crippen molar-refractivity contribution in [2.45, 2.75) is 30.9 Å². The number of carbonyl (C=O) groups excluding carboxylic acids is 1. The molecule has 0 radical (unpaired) electrons. The van der Waals surface area contributed by atoms with Crippen LogP contribution in [0.3, 0.4) is 0 Å². The molecule has 0 saturated heterocycles. The first-order chi connectivity index (χ1) is 10.8. The van der Waals surface area contributed by atoms with E-state index in [4.69, 9.17) is 16.0 Å². The second-order valence-electron chi connectivity index (χ2n) is 5.43. The topological polar surface area (TPSA) is 88.4 Å². The highest BCUT2D eigenvalue weighted by atomic mass is 35.5. The van der Waals surface area contributed by atoms with Crippen LogP contribution in [0.2, 0.25) is 5.02 Å². The predicted molar refractivity (Wildman–Crippen MR) is 86.2 cm³/mol. The molecular formula is C15H15ClN2O4S. The number of aryl methyl sites for hydroxylation is 1. The molecule has 1 aliphatic carbocycles. The third kappa shape index (κ3) is 3.74. The van der Waals surface area contributed by atoms with Gasteiger partial charge in [-0.05, 0) is 49.6 Å². The fourth-order valence-corrected chi connectivity index (χ4v) is 3.39. The minimum absolute atomic E-state index is 0.0310. The molecule has 1 aromatic heterocycles. The van der Waals surface area contributed by atoms with Gasteiger partial charge in [-0.3, -0.25) is 4.79 Å². The van der Waals surface area contributed by atoms with E-state index in [0.29, 0.717) is 10.7 Å². The summed E-state index contributed by atoms with van der Waals surface area (Å²) in [6, 6.07) is 7.67. The number of anilines is 1. The van der Waals surface area contributed by atoms with Gasteiger partial charge in [0.2, 0.25) is 5.09 Å². The Balaban J connectivity index is 1.77. The minimum atomic E-state index is -3.72. The van der Waals surface area contributed by atoms with Gasteiger partial charge in [0.25, 0.3) is 15.9 Å². The zero-order valence-corrected chi connectivity index (χ0v) is 13.9. The van der Waals surface area contributed by atoms with Crippen molar-refractivity contribution in [2.24, 2.45) is 0 Å². The number of benzene rings is 1. The second kappa shape index (κ2) is 5.99. The highest BCUT2D eigenvalue weighted by Gasteiger charge is 2.30. The SMILES string of the molecule is Cc1ccc(Cl)cc1NC(=O)c1ccc(S(=O)(=O)NC2CC2)o1. The minimum Gasteiger partial charge on any atom is -0.438 e. The molecule has 2 aromatic rings. The average Bonchev–Trinajstić information content (AvgIpc) is 3.13. The van der Waals surface area contributed by atoms with Crippen LogP contribution in [-0.4, -0.2) is 20.4 Å². The van der Waals surface area contributed by atoms with Crippen molar-refractivity contribution in [1.29, 1.82) is 0 Å². The van der Waals surface area contributed by atoms with Crippen molar-refractivity contribution in [1.82, 2.24) is 4.72 Å². The van der Waals surface area contributed by atoms with Crippen molar-refractivity contribution >= 4 is 33.2 Å². The highest BCUT2D eigenvalue weighted by Crippen LogP contribution is 2.24. The molecule has 0 spiro atoms. The van der Waals surface area contributed by atoms with Gasteiger partial charge in [0.15, 0.2) is 5.76 Å². The summed E-state index contributed by atoms with van der Waals surface area (Å²) in [7, 11) is -3.72. The lowest BCUT2D eigenvalue weighted by atomic mass is 10.2. The zero-order chi connectivity index (χ0) is 16.6. The molecule has 0 bridgehead atoms. The summed E-state index contributed by atoms with van der Waals surface area (Å²) in [6.07, 6.45) is 1.64. The first-order valence-corrected chi connectivity index (χ1v) is 8.91. The Morgan fingerprint density at radius 2 is 2.00 bits per heavy atom. The Hall–Kier alpha value is -1.83. The lowest BCUT2D eigenvalue weighted by Crippen LogP contribution is -2.25. The van der Waals surface area contributed by atoms with Gasteiger partial charge in [-0.25, -0.2) is 13.1 Å². The Morgan fingerprint density at radius 1 is 1.26 bits per heavy atom. The maximum atomic E-state index is 12.2.